The zero-order valence-electron chi connectivity index (χ0n) is 15.2. The minimum atomic E-state index is -0.944. The van der Waals surface area contributed by atoms with Crippen LogP contribution in [-0.4, -0.2) is 59.3 Å². The summed E-state index contributed by atoms with van der Waals surface area (Å²) in [5, 5.41) is 10.7. The van der Waals surface area contributed by atoms with Crippen molar-refractivity contribution in [3.8, 4) is 0 Å². The van der Waals surface area contributed by atoms with Gasteiger partial charge in [0, 0.05) is 0 Å². The average Bonchev–Trinajstić information content (AvgIpc) is 3.08. The molecular weight excluding hydrogens is 340 g/mol. The topological polar surface area (TPSA) is 83.5 Å². The molecule has 0 radical (unpaired) electrons. The van der Waals surface area contributed by atoms with Crippen LogP contribution in [0.2, 0.25) is 0 Å². The number of fused-ring (bicyclic) bond motifs is 2. The number of ether oxygens (including phenoxy) is 5. The minimum absolute atomic E-state index is 0.433. The second kappa shape index (κ2) is 6.00. The largest absolute Gasteiger partial charge is 0.453 e. The third kappa shape index (κ3) is 3.04. The number of aliphatic hydroxyl groups excluding tert-OH is 1. The Morgan fingerprint density at radius 2 is 1.35 bits per heavy atom. The first-order valence-corrected chi connectivity index (χ1v) is 8.82. The fourth-order valence-corrected chi connectivity index (χ4v) is 3.94. The van der Waals surface area contributed by atoms with Gasteiger partial charge in [0.2, 0.25) is 0 Å². The molecule has 3 aliphatic rings. The molecule has 1 N–H and O–H groups in total. The van der Waals surface area contributed by atoms with Crippen LogP contribution in [0.1, 0.15) is 38.1 Å². The predicted octanol–water partition coefficient (Wildman–Crippen LogP) is 1.63. The van der Waals surface area contributed by atoms with Gasteiger partial charge in [-0.25, -0.2) is 4.79 Å². The lowest BCUT2D eigenvalue weighted by Crippen LogP contribution is -2.62. The minimum Gasteiger partial charge on any atom is -0.453 e. The van der Waals surface area contributed by atoms with Gasteiger partial charge in [-0.2, -0.15) is 0 Å². The van der Waals surface area contributed by atoms with Crippen LogP contribution < -0.4 is 0 Å². The van der Waals surface area contributed by atoms with E-state index in [2.05, 4.69) is 0 Å². The van der Waals surface area contributed by atoms with Crippen LogP contribution in [0.15, 0.2) is 30.3 Å². The maximum absolute atomic E-state index is 12.6. The number of hydrogen-bond donors (Lipinski definition) is 1. The zero-order chi connectivity index (χ0) is 18.7. The first-order chi connectivity index (χ1) is 12.2. The smallest absolute Gasteiger partial charge is 0.338 e. The lowest BCUT2D eigenvalue weighted by molar-refractivity contribution is -0.183. The standard InChI is InChI=1S/C19H24O7/c1-18(2)23-12-11(20)13-16(26-19(3,4)24-13)14(15(12)25-18)22-17(21)10-8-6-5-7-9-10/h5-9,11-16,20H,1-4H3/t11-,12-,13+,14+,15+,16-. The maximum Gasteiger partial charge on any atom is 0.338 e. The molecule has 0 unspecified atom stereocenters. The molecule has 3 fully saturated rings. The Labute approximate surface area is 152 Å². The van der Waals surface area contributed by atoms with E-state index in [1.54, 1.807) is 52.0 Å². The quantitative estimate of drug-likeness (QED) is 0.799. The number of esters is 1. The van der Waals surface area contributed by atoms with Crippen molar-refractivity contribution in [1.82, 2.24) is 0 Å². The summed E-state index contributed by atoms with van der Waals surface area (Å²) < 4.78 is 29.4. The highest BCUT2D eigenvalue weighted by atomic mass is 16.8. The zero-order valence-corrected chi connectivity index (χ0v) is 15.2. The molecule has 2 heterocycles. The highest BCUT2D eigenvalue weighted by Crippen LogP contribution is 2.45. The Morgan fingerprint density at radius 3 is 1.85 bits per heavy atom. The summed E-state index contributed by atoms with van der Waals surface area (Å²) in [5.41, 5.74) is 0.433. The van der Waals surface area contributed by atoms with E-state index in [4.69, 9.17) is 23.7 Å². The van der Waals surface area contributed by atoms with Gasteiger partial charge in [0.05, 0.1) is 5.56 Å². The summed E-state index contributed by atoms with van der Waals surface area (Å²) in [7, 11) is 0. The molecule has 1 saturated carbocycles. The van der Waals surface area contributed by atoms with Crippen molar-refractivity contribution in [2.75, 3.05) is 0 Å². The Hall–Kier alpha value is -1.51. The molecule has 2 saturated heterocycles. The second-order valence-electron chi connectivity index (χ2n) is 7.86. The molecule has 1 aromatic carbocycles. The van der Waals surface area contributed by atoms with E-state index >= 15 is 0 Å². The maximum atomic E-state index is 12.6. The molecule has 0 aromatic heterocycles. The van der Waals surface area contributed by atoms with E-state index in [1.165, 1.54) is 0 Å². The first-order valence-electron chi connectivity index (χ1n) is 8.82. The summed E-state index contributed by atoms with van der Waals surface area (Å²) >= 11 is 0. The summed E-state index contributed by atoms with van der Waals surface area (Å²) in [6, 6.07) is 8.72. The van der Waals surface area contributed by atoms with E-state index in [-0.39, 0.29) is 0 Å². The van der Waals surface area contributed by atoms with Crippen molar-refractivity contribution in [2.24, 2.45) is 0 Å². The van der Waals surface area contributed by atoms with Crippen molar-refractivity contribution in [3.05, 3.63) is 35.9 Å². The molecule has 2 aliphatic heterocycles. The molecule has 7 nitrogen and oxygen atoms in total. The summed E-state index contributed by atoms with van der Waals surface area (Å²) in [5.74, 6) is -2.28. The fraction of sp³-hybridized carbons (Fsp3) is 0.632. The van der Waals surface area contributed by atoms with Gasteiger partial charge in [-0.3, -0.25) is 0 Å². The number of carbonyl (C=O) groups excluding carboxylic acids is 1. The van der Waals surface area contributed by atoms with E-state index in [9.17, 15) is 9.90 Å². The van der Waals surface area contributed by atoms with Crippen LogP contribution in [0.5, 0.6) is 0 Å². The molecular formula is C19H24O7. The lowest BCUT2D eigenvalue weighted by atomic mass is 9.85. The normalized spacial score (nSPS) is 39.9. The van der Waals surface area contributed by atoms with Gasteiger partial charge in [-0.15, -0.1) is 0 Å². The Morgan fingerprint density at radius 1 is 0.885 bits per heavy atom. The SMILES string of the molecule is CC1(C)O[C@@H]2[C@H](OC(=O)c3ccccc3)[C@@H]3OC(C)(C)O[C@H]3[C@H](O)[C@H]2O1. The number of hydrogen-bond acceptors (Lipinski definition) is 7. The van der Waals surface area contributed by atoms with Crippen LogP contribution >= 0.6 is 0 Å². The van der Waals surface area contributed by atoms with Crippen molar-refractivity contribution >= 4 is 5.97 Å². The molecule has 1 aromatic rings. The molecule has 0 bridgehead atoms. The molecule has 7 heteroatoms. The molecule has 0 amide bonds. The van der Waals surface area contributed by atoms with Gasteiger partial charge in [-0.05, 0) is 39.8 Å². The van der Waals surface area contributed by atoms with Gasteiger partial charge < -0.3 is 28.8 Å². The lowest BCUT2D eigenvalue weighted by Gasteiger charge is -2.40. The van der Waals surface area contributed by atoms with E-state index in [0.29, 0.717) is 5.56 Å². The van der Waals surface area contributed by atoms with Crippen molar-refractivity contribution < 1.29 is 33.6 Å². The molecule has 6 atom stereocenters. The Balaban J connectivity index is 1.64. The summed E-state index contributed by atoms with van der Waals surface area (Å²) in [4.78, 5) is 12.6. The van der Waals surface area contributed by atoms with E-state index in [1.807, 2.05) is 6.07 Å². The van der Waals surface area contributed by atoms with Gasteiger partial charge in [0.15, 0.2) is 17.7 Å². The molecule has 4 rings (SSSR count). The monoisotopic (exact) mass is 364 g/mol. The van der Waals surface area contributed by atoms with Gasteiger partial charge >= 0.3 is 5.97 Å². The van der Waals surface area contributed by atoms with Crippen LogP contribution in [0.4, 0.5) is 0 Å². The predicted molar refractivity (Wildman–Crippen MR) is 89.3 cm³/mol. The fourth-order valence-electron chi connectivity index (χ4n) is 3.94. The summed E-state index contributed by atoms with van der Waals surface area (Å²) in [6.07, 6.45) is -4.34. The third-order valence-electron chi connectivity index (χ3n) is 4.90. The molecule has 1 aliphatic carbocycles. The Bertz CT molecular complexity index is 654. The van der Waals surface area contributed by atoms with E-state index in [0.717, 1.165) is 0 Å². The number of carbonyl (C=O) groups is 1. The number of benzene rings is 1. The van der Waals surface area contributed by atoms with Crippen molar-refractivity contribution in [2.45, 2.75) is 75.9 Å². The number of rotatable bonds is 2. The van der Waals surface area contributed by atoms with Gasteiger partial charge in [-0.1, -0.05) is 18.2 Å². The molecule has 26 heavy (non-hydrogen) atoms. The van der Waals surface area contributed by atoms with Crippen LogP contribution in [0, 0.1) is 0 Å². The highest BCUT2D eigenvalue weighted by Gasteiger charge is 2.64. The molecule has 142 valence electrons. The average molecular weight is 364 g/mol. The third-order valence-corrected chi connectivity index (χ3v) is 4.90. The molecule has 0 spiro atoms. The van der Waals surface area contributed by atoms with E-state index < -0.39 is 54.2 Å². The van der Waals surface area contributed by atoms with Crippen LogP contribution in [0.3, 0.4) is 0 Å². The van der Waals surface area contributed by atoms with Gasteiger partial charge in [0.1, 0.15) is 30.5 Å². The van der Waals surface area contributed by atoms with Crippen LogP contribution in [-0.2, 0) is 23.7 Å². The second-order valence-corrected chi connectivity index (χ2v) is 7.86. The number of aliphatic hydroxyl groups is 1. The highest BCUT2D eigenvalue weighted by molar-refractivity contribution is 5.89. The van der Waals surface area contributed by atoms with Gasteiger partial charge in [0.25, 0.3) is 0 Å². The van der Waals surface area contributed by atoms with Crippen molar-refractivity contribution in [1.29, 1.82) is 0 Å². The first kappa shape index (κ1) is 17.9. The van der Waals surface area contributed by atoms with Crippen molar-refractivity contribution in [3.63, 3.8) is 0 Å². The van der Waals surface area contributed by atoms with Crippen LogP contribution in [0.25, 0.3) is 0 Å². The Kier molecular flexibility index (Phi) is 4.13. The summed E-state index contributed by atoms with van der Waals surface area (Å²) in [6.45, 7) is 7.04.